The van der Waals surface area contributed by atoms with Crippen LogP contribution in [0.1, 0.15) is 0 Å². The smallest absolute Gasteiger partial charge is 0.147 e. The van der Waals surface area contributed by atoms with Gasteiger partial charge in [-0.1, -0.05) is 145 Å². The summed E-state index contributed by atoms with van der Waals surface area (Å²) in [6.07, 6.45) is 0. The summed E-state index contributed by atoms with van der Waals surface area (Å²) in [5.74, 6) is 0. The topological polar surface area (TPSA) is 17.3 Å². The van der Waals surface area contributed by atoms with E-state index in [1.165, 1.54) is 53.6 Å². The van der Waals surface area contributed by atoms with E-state index in [1.54, 1.807) is 0 Å². The Bertz CT molecular complexity index is 2540. The van der Waals surface area contributed by atoms with Gasteiger partial charge in [0.2, 0.25) is 0 Å². The van der Waals surface area contributed by atoms with Gasteiger partial charge in [0, 0.05) is 22.1 Å². The van der Waals surface area contributed by atoms with Crippen LogP contribution in [0.25, 0.3) is 59.9 Å². The van der Waals surface area contributed by atoms with E-state index < -0.39 is 6.04 Å². The van der Waals surface area contributed by atoms with Gasteiger partial charge in [0.15, 0.2) is 0 Å². The zero-order valence-electron chi connectivity index (χ0n) is 23.2. The predicted octanol–water partition coefficient (Wildman–Crippen LogP) is 8.86. The molecule has 7 aromatic carbocycles. The highest BCUT2D eigenvalue weighted by atomic mass is 32.4. The SMILES string of the molecule is S=P(c1ccccc1)(c1ccccc1)c1c2ccccc2cc2c1c1ccc3ccccc3c1c1nc3ccccc3n21. The molecule has 4 heteroatoms. The minimum atomic E-state index is -2.55. The molecule has 0 saturated carbocycles. The molecule has 2 heterocycles. The van der Waals surface area contributed by atoms with Crippen molar-refractivity contribution in [1.82, 2.24) is 9.38 Å². The number of pyridine rings is 1. The number of fused-ring (bicyclic) bond motifs is 11. The average molecular weight is 585 g/mol. The molecule has 0 aliphatic rings. The van der Waals surface area contributed by atoms with E-state index >= 15 is 0 Å². The van der Waals surface area contributed by atoms with Crippen LogP contribution in [0.4, 0.5) is 0 Å². The Balaban J connectivity index is 1.65. The van der Waals surface area contributed by atoms with Crippen molar-refractivity contribution < 1.29 is 0 Å². The van der Waals surface area contributed by atoms with Crippen LogP contribution in [-0.4, -0.2) is 9.38 Å². The van der Waals surface area contributed by atoms with E-state index in [0.29, 0.717) is 0 Å². The van der Waals surface area contributed by atoms with Crippen LogP contribution in [-0.2, 0) is 11.8 Å². The quantitative estimate of drug-likeness (QED) is 0.117. The highest BCUT2D eigenvalue weighted by molar-refractivity contribution is 8.25. The van der Waals surface area contributed by atoms with Gasteiger partial charge in [-0.25, -0.2) is 4.98 Å². The second-order valence-corrected chi connectivity index (χ2v) is 15.4. The van der Waals surface area contributed by atoms with Crippen LogP contribution in [0, 0.1) is 0 Å². The van der Waals surface area contributed by atoms with Gasteiger partial charge < -0.3 is 0 Å². The molecule has 9 rings (SSSR count). The molecule has 0 fully saturated rings. The summed E-state index contributed by atoms with van der Waals surface area (Å²) in [5.41, 5.74) is 4.21. The number of para-hydroxylation sites is 2. The average Bonchev–Trinajstić information content (AvgIpc) is 3.47. The van der Waals surface area contributed by atoms with E-state index in [4.69, 9.17) is 16.8 Å². The summed E-state index contributed by atoms with van der Waals surface area (Å²) in [6, 6.07) is 51.8. The molecular formula is C39H25N2PS. The van der Waals surface area contributed by atoms with Crippen LogP contribution in [0.3, 0.4) is 0 Å². The zero-order valence-corrected chi connectivity index (χ0v) is 24.9. The molecule has 0 saturated heterocycles. The molecule has 0 unspecified atom stereocenters. The van der Waals surface area contributed by atoms with Crippen LogP contribution in [0.15, 0.2) is 152 Å². The number of imidazole rings is 1. The normalized spacial score (nSPS) is 12.3. The Morgan fingerprint density at radius 3 is 1.84 bits per heavy atom. The van der Waals surface area contributed by atoms with Crippen LogP contribution < -0.4 is 15.9 Å². The molecule has 43 heavy (non-hydrogen) atoms. The first-order chi connectivity index (χ1) is 21.2. The molecule has 0 aliphatic carbocycles. The molecule has 0 spiro atoms. The Labute approximate surface area is 253 Å². The number of rotatable bonds is 3. The highest BCUT2D eigenvalue weighted by Crippen LogP contribution is 2.49. The number of nitrogens with zero attached hydrogens (tertiary/aromatic N) is 2. The Kier molecular flexibility index (Phi) is 5.38. The number of hydrogen-bond acceptors (Lipinski definition) is 2. The number of benzene rings is 7. The third-order valence-corrected chi connectivity index (χ3v) is 13.7. The molecule has 202 valence electrons. The molecule has 2 nitrogen and oxygen atoms in total. The van der Waals surface area contributed by atoms with Gasteiger partial charge in [0.25, 0.3) is 0 Å². The maximum atomic E-state index is 7.10. The van der Waals surface area contributed by atoms with Gasteiger partial charge in [0.05, 0.1) is 16.6 Å². The van der Waals surface area contributed by atoms with Crippen molar-refractivity contribution in [1.29, 1.82) is 0 Å². The van der Waals surface area contributed by atoms with Gasteiger partial charge >= 0.3 is 0 Å². The first-order valence-corrected chi connectivity index (χ1v) is 17.3. The van der Waals surface area contributed by atoms with E-state index in [-0.39, 0.29) is 0 Å². The van der Waals surface area contributed by atoms with Crippen molar-refractivity contribution in [3.63, 3.8) is 0 Å². The van der Waals surface area contributed by atoms with Crippen LogP contribution in [0.5, 0.6) is 0 Å². The van der Waals surface area contributed by atoms with Gasteiger partial charge in [-0.3, -0.25) is 4.40 Å². The van der Waals surface area contributed by atoms with Crippen molar-refractivity contribution in [2.45, 2.75) is 0 Å². The summed E-state index contributed by atoms with van der Waals surface area (Å²) in [4.78, 5) is 5.28. The number of hydrogen-bond donors (Lipinski definition) is 0. The first-order valence-electron chi connectivity index (χ1n) is 14.5. The van der Waals surface area contributed by atoms with Gasteiger partial charge in [-0.15, -0.1) is 0 Å². The van der Waals surface area contributed by atoms with E-state index in [9.17, 15) is 0 Å². The van der Waals surface area contributed by atoms with Crippen molar-refractivity contribution in [3.05, 3.63) is 152 Å². The highest BCUT2D eigenvalue weighted by Gasteiger charge is 2.31. The second-order valence-electron chi connectivity index (χ2n) is 11.1. The van der Waals surface area contributed by atoms with E-state index in [2.05, 4.69) is 156 Å². The largest absolute Gasteiger partial charge is 0.292 e. The number of aromatic nitrogens is 2. The summed E-state index contributed by atoms with van der Waals surface area (Å²) >= 11 is 7.10. The van der Waals surface area contributed by atoms with Gasteiger partial charge in [-0.05, 0) is 55.7 Å². The Morgan fingerprint density at radius 1 is 0.488 bits per heavy atom. The lowest BCUT2D eigenvalue weighted by Crippen LogP contribution is -2.26. The monoisotopic (exact) mass is 584 g/mol. The van der Waals surface area contributed by atoms with E-state index in [0.717, 1.165) is 22.2 Å². The fraction of sp³-hybridized carbons (Fsp3) is 0. The minimum Gasteiger partial charge on any atom is -0.292 e. The maximum absolute atomic E-state index is 7.10. The molecule has 0 radical (unpaired) electrons. The summed E-state index contributed by atoms with van der Waals surface area (Å²) in [5, 5.41) is 12.0. The fourth-order valence-corrected chi connectivity index (χ4v) is 11.3. The maximum Gasteiger partial charge on any atom is 0.147 e. The molecule has 0 bridgehead atoms. The Hall–Kier alpha value is -4.82. The Morgan fingerprint density at radius 2 is 1.09 bits per heavy atom. The van der Waals surface area contributed by atoms with Crippen LogP contribution >= 0.6 is 6.04 Å². The second kappa shape index (κ2) is 9.34. The molecule has 2 aromatic heterocycles. The van der Waals surface area contributed by atoms with Crippen molar-refractivity contribution in [2.24, 2.45) is 0 Å². The molecule has 0 amide bonds. The molecule has 0 atom stereocenters. The van der Waals surface area contributed by atoms with Crippen molar-refractivity contribution >= 4 is 93.7 Å². The summed E-state index contributed by atoms with van der Waals surface area (Å²) < 4.78 is 2.38. The third-order valence-electron chi connectivity index (χ3n) is 8.78. The lowest BCUT2D eigenvalue weighted by atomic mass is 9.97. The van der Waals surface area contributed by atoms with Gasteiger partial charge in [0.1, 0.15) is 5.65 Å². The lowest BCUT2D eigenvalue weighted by molar-refractivity contribution is 1.32. The summed E-state index contributed by atoms with van der Waals surface area (Å²) in [6.45, 7) is 0. The standard InChI is InChI=1S/C39H25N2PS/c43-42(28-15-3-1-4-16-28,29-17-5-2-6-18-29)38-31-20-10-8-14-27(31)25-35-37(38)32-24-23-26-13-7-9-19-30(26)36(32)39-40-33-21-11-12-22-34(33)41(35)39/h1-25H. The molecule has 9 aromatic rings. The predicted molar refractivity (Wildman–Crippen MR) is 189 cm³/mol. The third kappa shape index (κ3) is 3.47. The fourth-order valence-electron chi connectivity index (χ4n) is 6.92. The molecule has 0 N–H and O–H groups in total. The van der Waals surface area contributed by atoms with E-state index in [1.807, 2.05) is 0 Å². The van der Waals surface area contributed by atoms with Crippen LogP contribution in [0.2, 0.25) is 0 Å². The minimum absolute atomic E-state index is 0.981. The molecule has 0 aliphatic heterocycles. The lowest BCUT2D eigenvalue weighted by Gasteiger charge is -2.28. The molecular weight excluding hydrogens is 559 g/mol. The first kappa shape index (κ1) is 24.7. The summed E-state index contributed by atoms with van der Waals surface area (Å²) in [7, 11) is 0. The van der Waals surface area contributed by atoms with Crippen molar-refractivity contribution in [3.8, 4) is 0 Å². The van der Waals surface area contributed by atoms with Crippen molar-refractivity contribution in [2.75, 3.05) is 0 Å². The zero-order chi connectivity index (χ0) is 28.5. The van der Waals surface area contributed by atoms with Gasteiger partial charge in [-0.2, -0.15) is 0 Å².